The molecule has 0 unspecified atom stereocenters. The van der Waals surface area contributed by atoms with Crippen LogP contribution in [0.5, 0.6) is 5.75 Å². The lowest BCUT2D eigenvalue weighted by Crippen LogP contribution is -2.29. The van der Waals surface area contributed by atoms with E-state index in [1.165, 1.54) is 4.57 Å². The second-order valence-corrected chi connectivity index (χ2v) is 8.09. The first-order valence-electron chi connectivity index (χ1n) is 10.8. The number of rotatable bonds is 9. The van der Waals surface area contributed by atoms with Crippen LogP contribution in [0.4, 0.5) is 0 Å². The first-order chi connectivity index (χ1) is 16.1. The van der Waals surface area contributed by atoms with Crippen LogP contribution >= 0.6 is 12.2 Å². The molecule has 0 aliphatic carbocycles. The van der Waals surface area contributed by atoms with Crippen LogP contribution in [-0.2, 0) is 24.4 Å². The summed E-state index contributed by atoms with van der Waals surface area (Å²) in [7, 11) is 0. The lowest BCUT2D eigenvalue weighted by atomic mass is 10.1. The highest BCUT2D eigenvalue weighted by molar-refractivity contribution is 7.71. The van der Waals surface area contributed by atoms with Crippen LogP contribution in [0.2, 0.25) is 0 Å². The minimum atomic E-state index is -0.184. The van der Waals surface area contributed by atoms with Crippen LogP contribution in [0.25, 0.3) is 10.9 Å². The van der Waals surface area contributed by atoms with Crippen molar-refractivity contribution < 1.29 is 9.53 Å². The number of hydrogen-bond donors (Lipinski definition) is 2. The molecule has 2 N–H and O–H groups in total. The quantitative estimate of drug-likeness (QED) is 0.364. The minimum Gasteiger partial charge on any atom is -0.489 e. The van der Waals surface area contributed by atoms with Gasteiger partial charge in [-0.25, -0.2) is 0 Å². The lowest BCUT2D eigenvalue weighted by molar-refractivity contribution is -0.121. The fraction of sp³-hybridized carbons (Fsp3) is 0.192. The second kappa shape index (κ2) is 10.7. The average molecular weight is 460 g/mol. The van der Waals surface area contributed by atoms with E-state index in [4.69, 9.17) is 17.0 Å². The minimum absolute atomic E-state index is 0.118. The van der Waals surface area contributed by atoms with Gasteiger partial charge in [0.05, 0.1) is 10.9 Å². The highest BCUT2D eigenvalue weighted by atomic mass is 32.1. The molecule has 4 rings (SSSR count). The smallest absolute Gasteiger partial charge is 0.262 e. The van der Waals surface area contributed by atoms with Gasteiger partial charge in [0.15, 0.2) is 4.77 Å². The van der Waals surface area contributed by atoms with Gasteiger partial charge in [-0.2, -0.15) is 0 Å². The predicted octanol–water partition coefficient (Wildman–Crippen LogP) is 4.39. The number of fused-ring (bicyclic) bond motifs is 1. The Morgan fingerprint density at radius 1 is 0.939 bits per heavy atom. The standard InChI is InChI=1S/C26H25N3O3S/c30-24(15-17-29-25(31)22-8-4-5-9-23(22)28-26(29)33)27-16-14-19-10-12-21(13-11-19)32-18-20-6-2-1-3-7-20/h1-13H,14-18H2,(H,27,30)(H,28,33). The third-order valence-electron chi connectivity index (χ3n) is 5.36. The number of aromatic amines is 1. The van der Waals surface area contributed by atoms with Crippen LogP contribution < -0.4 is 15.6 Å². The molecule has 0 radical (unpaired) electrons. The molecular formula is C26H25N3O3S. The van der Waals surface area contributed by atoms with Crippen molar-refractivity contribution in [2.24, 2.45) is 0 Å². The Labute approximate surface area is 196 Å². The number of H-pyrrole nitrogens is 1. The number of nitrogens with zero attached hydrogens (tertiary/aromatic N) is 1. The van der Waals surface area contributed by atoms with Crippen LogP contribution in [0, 0.1) is 4.77 Å². The fourth-order valence-corrected chi connectivity index (χ4v) is 3.83. The zero-order valence-electron chi connectivity index (χ0n) is 18.1. The van der Waals surface area contributed by atoms with Gasteiger partial charge in [0.2, 0.25) is 5.91 Å². The number of para-hydroxylation sites is 1. The van der Waals surface area contributed by atoms with Gasteiger partial charge in [-0.05, 0) is 54.0 Å². The van der Waals surface area contributed by atoms with E-state index in [9.17, 15) is 9.59 Å². The summed E-state index contributed by atoms with van der Waals surface area (Å²) >= 11 is 5.29. The Hall–Kier alpha value is -3.71. The zero-order valence-corrected chi connectivity index (χ0v) is 18.9. The molecule has 0 saturated heterocycles. The first-order valence-corrected chi connectivity index (χ1v) is 11.3. The van der Waals surface area contributed by atoms with Crippen molar-refractivity contribution in [1.82, 2.24) is 14.9 Å². The van der Waals surface area contributed by atoms with Crippen LogP contribution in [0.15, 0.2) is 83.7 Å². The van der Waals surface area contributed by atoms with E-state index in [0.29, 0.717) is 35.2 Å². The van der Waals surface area contributed by atoms with Gasteiger partial charge in [0.25, 0.3) is 5.56 Å². The highest BCUT2D eigenvalue weighted by Gasteiger charge is 2.08. The molecule has 33 heavy (non-hydrogen) atoms. The number of benzene rings is 3. The topological polar surface area (TPSA) is 76.1 Å². The van der Waals surface area contributed by atoms with Crippen molar-refractivity contribution in [2.75, 3.05) is 6.54 Å². The van der Waals surface area contributed by atoms with Gasteiger partial charge in [0, 0.05) is 19.5 Å². The maximum absolute atomic E-state index is 12.6. The summed E-state index contributed by atoms with van der Waals surface area (Å²) in [6.07, 6.45) is 0.892. The number of amides is 1. The summed E-state index contributed by atoms with van der Waals surface area (Å²) < 4.78 is 7.56. The van der Waals surface area contributed by atoms with Gasteiger partial charge in [-0.15, -0.1) is 0 Å². The Kier molecular flexibility index (Phi) is 7.32. The van der Waals surface area contributed by atoms with E-state index >= 15 is 0 Å². The van der Waals surface area contributed by atoms with Gasteiger partial charge in [-0.1, -0.05) is 54.6 Å². The first kappa shape index (κ1) is 22.5. The lowest BCUT2D eigenvalue weighted by Gasteiger charge is -2.09. The SMILES string of the molecule is O=C(CCn1c(=S)[nH]c2ccccc2c1=O)NCCc1ccc(OCc2ccccc2)cc1. The van der Waals surface area contributed by atoms with E-state index in [1.54, 1.807) is 12.1 Å². The molecule has 0 aliphatic heterocycles. The molecule has 4 aromatic rings. The summed E-state index contributed by atoms with van der Waals surface area (Å²) in [6.45, 7) is 1.28. The molecule has 0 spiro atoms. The summed E-state index contributed by atoms with van der Waals surface area (Å²) in [5.74, 6) is 0.691. The molecule has 0 fully saturated rings. The zero-order chi connectivity index (χ0) is 23.0. The number of carbonyl (C=O) groups excluding carboxylic acids is 1. The van der Waals surface area contributed by atoms with E-state index in [2.05, 4.69) is 10.3 Å². The van der Waals surface area contributed by atoms with Gasteiger partial charge < -0.3 is 15.0 Å². The largest absolute Gasteiger partial charge is 0.489 e. The maximum atomic E-state index is 12.6. The molecule has 3 aromatic carbocycles. The number of hydrogen-bond acceptors (Lipinski definition) is 4. The van der Waals surface area contributed by atoms with E-state index in [0.717, 1.165) is 16.9 Å². The molecule has 1 heterocycles. The highest BCUT2D eigenvalue weighted by Crippen LogP contribution is 2.14. The molecule has 0 atom stereocenters. The number of carbonyl (C=O) groups is 1. The van der Waals surface area contributed by atoms with Crippen molar-refractivity contribution in [1.29, 1.82) is 0 Å². The van der Waals surface area contributed by atoms with Crippen LogP contribution in [0.1, 0.15) is 17.5 Å². The second-order valence-electron chi connectivity index (χ2n) is 7.70. The van der Waals surface area contributed by atoms with E-state index in [-0.39, 0.29) is 24.4 Å². The van der Waals surface area contributed by atoms with Crippen molar-refractivity contribution >= 4 is 29.0 Å². The van der Waals surface area contributed by atoms with Crippen LogP contribution in [-0.4, -0.2) is 22.0 Å². The van der Waals surface area contributed by atoms with E-state index < -0.39 is 0 Å². The maximum Gasteiger partial charge on any atom is 0.262 e. The van der Waals surface area contributed by atoms with Crippen molar-refractivity contribution in [3.63, 3.8) is 0 Å². The predicted molar refractivity (Wildman–Crippen MR) is 132 cm³/mol. The van der Waals surface area contributed by atoms with Gasteiger partial charge in [-0.3, -0.25) is 14.2 Å². The Morgan fingerprint density at radius 2 is 1.67 bits per heavy atom. The van der Waals surface area contributed by atoms with Gasteiger partial charge >= 0.3 is 0 Å². The van der Waals surface area contributed by atoms with Crippen molar-refractivity contribution in [3.8, 4) is 5.75 Å². The van der Waals surface area contributed by atoms with Crippen LogP contribution in [0.3, 0.4) is 0 Å². The third kappa shape index (κ3) is 5.96. The summed E-state index contributed by atoms with van der Waals surface area (Å²) in [5, 5.41) is 3.47. The van der Waals surface area contributed by atoms with Gasteiger partial charge in [0.1, 0.15) is 12.4 Å². The molecule has 0 saturated carbocycles. The van der Waals surface area contributed by atoms with Crippen molar-refractivity contribution in [3.05, 3.63) is 105 Å². The summed E-state index contributed by atoms with van der Waals surface area (Å²) in [6, 6.07) is 25.1. The third-order valence-corrected chi connectivity index (χ3v) is 5.68. The number of nitrogens with one attached hydrogen (secondary N) is 2. The average Bonchev–Trinajstić information content (AvgIpc) is 2.84. The Balaban J connectivity index is 1.23. The molecule has 7 heteroatoms. The molecule has 0 bridgehead atoms. The summed E-state index contributed by atoms with van der Waals surface area (Å²) in [5.41, 5.74) is 2.74. The fourth-order valence-electron chi connectivity index (χ4n) is 3.54. The van der Waals surface area contributed by atoms with Crippen molar-refractivity contribution in [2.45, 2.75) is 26.0 Å². The molecule has 6 nitrogen and oxygen atoms in total. The number of ether oxygens (including phenoxy) is 1. The Morgan fingerprint density at radius 3 is 2.45 bits per heavy atom. The molecule has 168 valence electrons. The number of aromatic nitrogens is 2. The molecule has 1 aromatic heterocycles. The molecule has 1 amide bonds. The molecule has 0 aliphatic rings. The summed E-state index contributed by atoms with van der Waals surface area (Å²) in [4.78, 5) is 28.0. The Bertz CT molecular complexity index is 1350. The normalized spacial score (nSPS) is 10.8. The molecular weight excluding hydrogens is 434 g/mol. The monoisotopic (exact) mass is 459 g/mol. The van der Waals surface area contributed by atoms with E-state index in [1.807, 2.05) is 66.7 Å².